The highest BCUT2D eigenvalue weighted by Gasteiger charge is 2.30. The van der Waals surface area contributed by atoms with E-state index in [0.717, 1.165) is 31.2 Å². The van der Waals surface area contributed by atoms with Crippen molar-refractivity contribution in [2.24, 2.45) is 5.92 Å². The molecule has 136 valence electrons. The maximum Gasteiger partial charge on any atom is 0.119 e. The van der Waals surface area contributed by atoms with Gasteiger partial charge < -0.3 is 10.2 Å². The molecule has 1 aromatic carbocycles. The fourth-order valence-corrected chi connectivity index (χ4v) is 4.15. The predicted molar refractivity (Wildman–Crippen MR) is 102 cm³/mol. The Balaban J connectivity index is 2.10. The topological polar surface area (TPSA) is 40.5 Å². The molecule has 2 N–H and O–H groups in total. The van der Waals surface area contributed by atoms with E-state index < -0.39 is 0 Å². The van der Waals surface area contributed by atoms with Gasteiger partial charge in [-0.15, -0.1) is 0 Å². The molecule has 3 atom stereocenters. The van der Waals surface area contributed by atoms with Crippen LogP contribution in [0.1, 0.15) is 96.1 Å². The van der Waals surface area contributed by atoms with E-state index in [9.17, 15) is 10.2 Å². The molecule has 2 nitrogen and oxygen atoms in total. The van der Waals surface area contributed by atoms with Gasteiger partial charge >= 0.3 is 0 Å². The molecule has 1 aromatic rings. The molecule has 0 bridgehead atoms. The summed E-state index contributed by atoms with van der Waals surface area (Å²) >= 11 is 0. The number of rotatable bonds is 7. The van der Waals surface area contributed by atoms with E-state index >= 15 is 0 Å². The standard InChI is InChI=1S/C22H36O2/c1-5-6-7-8-13-22(3,4)17-10-12-19(21(24)14-17)20-15-18(23)11-9-16(20)2/h10,12,14,16,18,20,23-24H,5-9,11,13,15H2,1-4H3. The summed E-state index contributed by atoms with van der Waals surface area (Å²) in [6, 6.07) is 6.28. The van der Waals surface area contributed by atoms with Gasteiger partial charge in [0.25, 0.3) is 0 Å². The van der Waals surface area contributed by atoms with Crippen molar-refractivity contribution in [2.45, 2.75) is 96.5 Å². The van der Waals surface area contributed by atoms with E-state index in [1.165, 1.54) is 31.2 Å². The summed E-state index contributed by atoms with van der Waals surface area (Å²) < 4.78 is 0. The third-order valence-corrected chi connectivity index (χ3v) is 6.03. The van der Waals surface area contributed by atoms with Crippen LogP contribution in [0, 0.1) is 5.92 Å². The van der Waals surface area contributed by atoms with Gasteiger partial charge in [-0.2, -0.15) is 0 Å². The minimum atomic E-state index is -0.222. The summed E-state index contributed by atoms with van der Waals surface area (Å²) in [6.07, 6.45) is 8.75. The van der Waals surface area contributed by atoms with E-state index in [1.54, 1.807) is 0 Å². The molecule has 0 radical (unpaired) electrons. The fourth-order valence-electron chi connectivity index (χ4n) is 4.15. The molecule has 0 saturated heterocycles. The van der Waals surface area contributed by atoms with Gasteiger partial charge in [-0.05, 0) is 60.1 Å². The second kappa shape index (κ2) is 8.38. The first-order valence-corrected chi connectivity index (χ1v) is 9.86. The molecule has 0 amide bonds. The summed E-state index contributed by atoms with van der Waals surface area (Å²) in [6.45, 7) is 9.04. The lowest BCUT2D eigenvalue weighted by Gasteiger charge is -2.33. The minimum absolute atomic E-state index is 0.0987. The van der Waals surface area contributed by atoms with Gasteiger partial charge in [0, 0.05) is 0 Å². The summed E-state index contributed by atoms with van der Waals surface area (Å²) in [5.74, 6) is 1.21. The van der Waals surface area contributed by atoms with Crippen LogP contribution >= 0.6 is 0 Å². The summed E-state index contributed by atoms with van der Waals surface area (Å²) in [5.41, 5.74) is 2.34. The highest BCUT2D eigenvalue weighted by atomic mass is 16.3. The highest BCUT2D eigenvalue weighted by molar-refractivity contribution is 5.41. The van der Waals surface area contributed by atoms with Crippen LogP contribution in [-0.4, -0.2) is 16.3 Å². The lowest BCUT2D eigenvalue weighted by molar-refractivity contribution is 0.0975. The molecule has 0 spiro atoms. The van der Waals surface area contributed by atoms with Crippen LogP contribution in [0.4, 0.5) is 0 Å². The second-order valence-electron chi connectivity index (χ2n) is 8.52. The van der Waals surface area contributed by atoms with Crippen LogP contribution in [0.5, 0.6) is 5.75 Å². The Morgan fingerprint density at radius 1 is 1.12 bits per heavy atom. The Morgan fingerprint density at radius 3 is 2.54 bits per heavy atom. The maximum atomic E-state index is 10.6. The van der Waals surface area contributed by atoms with Crippen molar-refractivity contribution >= 4 is 0 Å². The zero-order valence-electron chi connectivity index (χ0n) is 16.0. The van der Waals surface area contributed by atoms with Crippen molar-refractivity contribution in [2.75, 3.05) is 0 Å². The molecular weight excluding hydrogens is 296 g/mol. The molecular formula is C22H36O2. The first-order valence-electron chi connectivity index (χ1n) is 9.86. The average Bonchev–Trinajstić information content (AvgIpc) is 2.54. The van der Waals surface area contributed by atoms with Crippen LogP contribution in [0.3, 0.4) is 0 Å². The highest BCUT2D eigenvalue weighted by Crippen LogP contribution is 2.42. The molecule has 1 saturated carbocycles. The smallest absolute Gasteiger partial charge is 0.119 e. The predicted octanol–water partition coefficient (Wildman–Crippen LogP) is 5.90. The normalized spacial score (nSPS) is 25.0. The van der Waals surface area contributed by atoms with Crippen molar-refractivity contribution in [3.05, 3.63) is 29.3 Å². The van der Waals surface area contributed by atoms with Crippen LogP contribution < -0.4 is 0 Å². The molecule has 24 heavy (non-hydrogen) atoms. The average molecular weight is 333 g/mol. The molecule has 2 heteroatoms. The number of aromatic hydroxyl groups is 1. The van der Waals surface area contributed by atoms with Gasteiger partial charge in [-0.1, -0.05) is 65.5 Å². The van der Waals surface area contributed by atoms with Gasteiger partial charge in [0.1, 0.15) is 5.75 Å². The second-order valence-corrected chi connectivity index (χ2v) is 8.52. The molecule has 2 rings (SSSR count). The summed E-state index contributed by atoms with van der Waals surface area (Å²) in [4.78, 5) is 0. The number of aliphatic hydroxyl groups excluding tert-OH is 1. The number of aliphatic hydroxyl groups is 1. The molecule has 3 unspecified atom stereocenters. The van der Waals surface area contributed by atoms with Gasteiger partial charge in [-0.3, -0.25) is 0 Å². The molecule has 0 heterocycles. The van der Waals surface area contributed by atoms with Gasteiger partial charge in [-0.25, -0.2) is 0 Å². The zero-order chi connectivity index (χ0) is 17.7. The molecule has 1 fully saturated rings. The van der Waals surface area contributed by atoms with Crippen LogP contribution in [0.2, 0.25) is 0 Å². The Morgan fingerprint density at radius 2 is 1.88 bits per heavy atom. The van der Waals surface area contributed by atoms with Crippen LogP contribution in [0.15, 0.2) is 18.2 Å². The van der Waals surface area contributed by atoms with E-state index in [2.05, 4.69) is 39.8 Å². The molecule has 1 aliphatic rings. The number of hydrogen-bond donors (Lipinski definition) is 2. The lowest BCUT2D eigenvalue weighted by Crippen LogP contribution is -2.25. The van der Waals surface area contributed by atoms with E-state index in [-0.39, 0.29) is 17.4 Å². The van der Waals surface area contributed by atoms with E-state index in [0.29, 0.717) is 11.7 Å². The zero-order valence-corrected chi connectivity index (χ0v) is 16.0. The Hall–Kier alpha value is -1.02. The number of benzene rings is 1. The number of hydrogen-bond acceptors (Lipinski definition) is 2. The van der Waals surface area contributed by atoms with Crippen molar-refractivity contribution in [1.29, 1.82) is 0 Å². The van der Waals surface area contributed by atoms with Crippen molar-refractivity contribution in [3.63, 3.8) is 0 Å². The van der Waals surface area contributed by atoms with Gasteiger partial charge in [0.2, 0.25) is 0 Å². The first kappa shape index (κ1) is 19.3. The molecule has 0 aromatic heterocycles. The molecule has 0 aliphatic heterocycles. The lowest BCUT2D eigenvalue weighted by atomic mass is 9.73. The Kier molecular flexibility index (Phi) is 6.74. The number of phenols is 1. The van der Waals surface area contributed by atoms with Gasteiger partial charge in [0.05, 0.1) is 6.10 Å². The van der Waals surface area contributed by atoms with E-state index in [1.807, 2.05) is 6.07 Å². The monoisotopic (exact) mass is 332 g/mol. The number of unbranched alkanes of at least 4 members (excludes halogenated alkanes) is 3. The van der Waals surface area contributed by atoms with Crippen molar-refractivity contribution in [3.8, 4) is 5.75 Å². The van der Waals surface area contributed by atoms with Crippen molar-refractivity contribution in [1.82, 2.24) is 0 Å². The third kappa shape index (κ3) is 4.75. The van der Waals surface area contributed by atoms with Crippen LogP contribution in [0.25, 0.3) is 0 Å². The number of phenolic OH excluding ortho intramolecular Hbond substituents is 1. The molecule has 1 aliphatic carbocycles. The van der Waals surface area contributed by atoms with Crippen molar-refractivity contribution < 1.29 is 10.2 Å². The SMILES string of the molecule is CCCCCCC(C)(C)c1ccc(C2CC(O)CCC2C)c(O)c1. The largest absolute Gasteiger partial charge is 0.508 e. The summed E-state index contributed by atoms with van der Waals surface area (Å²) in [7, 11) is 0. The first-order chi connectivity index (χ1) is 11.3. The Bertz CT molecular complexity index is 521. The van der Waals surface area contributed by atoms with Gasteiger partial charge in [0.15, 0.2) is 0 Å². The van der Waals surface area contributed by atoms with E-state index in [4.69, 9.17) is 0 Å². The summed E-state index contributed by atoms with van der Waals surface area (Å²) in [5, 5.41) is 20.6. The third-order valence-electron chi connectivity index (χ3n) is 6.03. The fraction of sp³-hybridized carbons (Fsp3) is 0.727. The minimum Gasteiger partial charge on any atom is -0.508 e. The van der Waals surface area contributed by atoms with Crippen LogP contribution in [-0.2, 0) is 5.41 Å². The quantitative estimate of drug-likeness (QED) is 0.610. The Labute approximate surface area is 148 Å². The maximum absolute atomic E-state index is 10.6.